The lowest BCUT2D eigenvalue weighted by Crippen LogP contribution is -2.21. The van der Waals surface area contributed by atoms with E-state index in [1.54, 1.807) is 7.05 Å². The summed E-state index contributed by atoms with van der Waals surface area (Å²) in [5.74, 6) is 0.774. The Morgan fingerprint density at radius 1 is 1.43 bits per heavy atom. The molecule has 2 heterocycles. The number of nitrogens with zero attached hydrogens (tertiary/aromatic N) is 3. The highest BCUT2D eigenvalue weighted by atomic mass is 35.5. The largest absolute Gasteiger partial charge is 0.375 e. The summed E-state index contributed by atoms with van der Waals surface area (Å²) in [4.78, 5) is 19.5. The maximum Gasteiger partial charge on any atom is 0.287 e. The lowest BCUT2D eigenvalue weighted by molar-refractivity contribution is 0.708. The summed E-state index contributed by atoms with van der Waals surface area (Å²) in [7, 11) is 1.56. The molecule has 0 fully saturated rings. The van der Waals surface area contributed by atoms with E-state index < -0.39 is 0 Å². The molecule has 0 aliphatic heterocycles. The highest BCUT2D eigenvalue weighted by Gasteiger charge is 2.09. The van der Waals surface area contributed by atoms with Crippen LogP contribution in [0.4, 0.5) is 5.69 Å². The Morgan fingerprint density at radius 3 is 3.00 bits per heavy atom. The second kappa shape index (κ2) is 5.21. The van der Waals surface area contributed by atoms with Crippen LogP contribution in [0.2, 0.25) is 5.02 Å². The molecule has 3 rings (SSSR count). The molecule has 0 amide bonds. The van der Waals surface area contributed by atoms with Crippen LogP contribution in [0.1, 0.15) is 11.4 Å². The Labute approximate surface area is 125 Å². The van der Waals surface area contributed by atoms with Gasteiger partial charge in [0.2, 0.25) is 0 Å². The molecule has 2 N–H and O–H groups in total. The summed E-state index contributed by atoms with van der Waals surface area (Å²) in [5.41, 5.74) is 3.21. The van der Waals surface area contributed by atoms with Crippen LogP contribution in [-0.2, 0) is 13.6 Å². The smallest absolute Gasteiger partial charge is 0.287 e. The van der Waals surface area contributed by atoms with Crippen LogP contribution in [0.5, 0.6) is 0 Å². The second-order valence-electron chi connectivity index (χ2n) is 4.81. The van der Waals surface area contributed by atoms with Crippen molar-refractivity contribution in [2.45, 2.75) is 13.5 Å². The molecule has 1 aromatic carbocycles. The van der Waals surface area contributed by atoms with Crippen LogP contribution < -0.4 is 10.9 Å². The van der Waals surface area contributed by atoms with E-state index >= 15 is 0 Å². The number of para-hydroxylation sites is 1. The zero-order chi connectivity index (χ0) is 15.0. The van der Waals surface area contributed by atoms with Crippen molar-refractivity contribution in [1.29, 1.82) is 0 Å². The molecule has 6 nitrogen and oxygen atoms in total. The van der Waals surface area contributed by atoms with E-state index in [9.17, 15) is 4.79 Å². The highest BCUT2D eigenvalue weighted by Crippen LogP contribution is 2.18. The Bertz CT molecular complexity index is 867. The second-order valence-corrected chi connectivity index (χ2v) is 5.19. The summed E-state index contributed by atoms with van der Waals surface area (Å²) < 4.78 is 1.19. The predicted molar refractivity (Wildman–Crippen MR) is 82.6 cm³/mol. The number of anilines is 1. The number of fused-ring (bicyclic) bond motifs is 1. The van der Waals surface area contributed by atoms with Crippen LogP contribution in [0, 0.1) is 6.92 Å². The van der Waals surface area contributed by atoms with Crippen molar-refractivity contribution in [2.75, 3.05) is 5.32 Å². The van der Waals surface area contributed by atoms with E-state index in [0.717, 1.165) is 22.4 Å². The average Bonchev–Trinajstić information content (AvgIpc) is 2.89. The fourth-order valence-corrected chi connectivity index (χ4v) is 2.36. The van der Waals surface area contributed by atoms with Gasteiger partial charge in [0.05, 0.1) is 29.5 Å². The van der Waals surface area contributed by atoms with Crippen LogP contribution in [-0.4, -0.2) is 19.7 Å². The molecule has 2 aromatic heterocycles. The Kier molecular flexibility index (Phi) is 3.39. The standard InChI is InChI=1S/C14H14ClN5O/c1-8-4-3-5-9-13(8)19-11(18-9)7-16-10-6-17-20(2)14(21)12(10)15/h3-6,16H,7H2,1-2H3,(H,18,19). The predicted octanol–water partition coefficient (Wildman–Crippen LogP) is 2.23. The van der Waals surface area contributed by atoms with Crippen molar-refractivity contribution < 1.29 is 0 Å². The molecule has 0 aliphatic rings. The number of halogens is 1. The summed E-state index contributed by atoms with van der Waals surface area (Å²) in [5, 5.41) is 7.14. The van der Waals surface area contributed by atoms with Gasteiger partial charge in [-0.3, -0.25) is 4.79 Å². The first-order valence-corrected chi connectivity index (χ1v) is 6.84. The lowest BCUT2D eigenvalue weighted by Gasteiger charge is -2.06. The minimum atomic E-state index is -0.331. The molecule has 0 bridgehead atoms. The van der Waals surface area contributed by atoms with Crippen molar-refractivity contribution in [1.82, 2.24) is 19.7 Å². The van der Waals surface area contributed by atoms with E-state index in [4.69, 9.17) is 11.6 Å². The van der Waals surface area contributed by atoms with Gasteiger partial charge in [0, 0.05) is 7.05 Å². The first-order valence-electron chi connectivity index (χ1n) is 6.46. The third-order valence-electron chi connectivity index (χ3n) is 3.29. The van der Waals surface area contributed by atoms with Gasteiger partial charge >= 0.3 is 0 Å². The van der Waals surface area contributed by atoms with Crippen molar-refractivity contribution >= 4 is 28.3 Å². The molecule has 0 radical (unpaired) electrons. The highest BCUT2D eigenvalue weighted by molar-refractivity contribution is 6.32. The number of benzene rings is 1. The summed E-state index contributed by atoms with van der Waals surface area (Å²) >= 11 is 6.00. The molecule has 0 atom stereocenters. The minimum Gasteiger partial charge on any atom is -0.375 e. The molecule has 0 spiro atoms. The summed E-state index contributed by atoms with van der Waals surface area (Å²) in [6.45, 7) is 2.45. The van der Waals surface area contributed by atoms with E-state index in [2.05, 4.69) is 20.4 Å². The fraction of sp³-hybridized carbons (Fsp3) is 0.214. The van der Waals surface area contributed by atoms with Crippen molar-refractivity contribution in [3.05, 3.63) is 51.2 Å². The molecule has 0 saturated carbocycles. The van der Waals surface area contributed by atoms with Gasteiger partial charge in [0.1, 0.15) is 10.8 Å². The molecule has 3 aromatic rings. The molecule has 21 heavy (non-hydrogen) atoms. The van der Waals surface area contributed by atoms with E-state index in [-0.39, 0.29) is 10.6 Å². The van der Waals surface area contributed by atoms with Gasteiger partial charge in [-0.1, -0.05) is 23.7 Å². The van der Waals surface area contributed by atoms with Crippen molar-refractivity contribution in [2.24, 2.45) is 7.05 Å². The van der Waals surface area contributed by atoms with E-state index in [1.807, 2.05) is 25.1 Å². The Hall–Kier alpha value is -2.34. The van der Waals surface area contributed by atoms with Gasteiger partial charge in [0.15, 0.2) is 0 Å². The maximum absolute atomic E-state index is 11.7. The van der Waals surface area contributed by atoms with Crippen LogP contribution in [0.15, 0.2) is 29.2 Å². The monoisotopic (exact) mass is 303 g/mol. The number of rotatable bonds is 3. The molecule has 0 unspecified atom stereocenters. The number of hydrogen-bond donors (Lipinski definition) is 2. The molecule has 7 heteroatoms. The van der Waals surface area contributed by atoms with Gasteiger partial charge in [-0.05, 0) is 18.6 Å². The summed E-state index contributed by atoms with van der Waals surface area (Å²) in [6, 6.07) is 5.97. The SMILES string of the molecule is Cc1cccc2[nH]c(CNc3cnn(C)c(=O)c3Cl)nc12. The van der Waals surface area contributed by atoms with Crippen LogP contribution in [0.25, 0.3) is 11.0 Å². The van der Waals surface area contributed by atoms with E-state index in [1.165, 1.54) is 10.9 Å². The Balaban J connectivity index is 1.85. The Morgan fingerprint density at radius 2 is 2.24 bits per heavy atom. The number of aromatic nitrogens is 4. The van der Waals surface area contributed by atoms with Crippen LogP contribution in [0.3, 0.4) is 0 Å². The minimum absolute atomic E-state index is 0.125. The van der Waals surface area contributed by atoms with Gasteiger partial charge in [-0.25, -0.2) is 9.67 Å². The lowest BCUT2D eigenvalue weighted by atomic mass is 10.2. The molecular weight excluding hydrogens is 290 g/mol. The van der Waals surface area contributed by atoms with Crippen LogP contribution >= 0.6 is 11.6 Å². The van der Waals surface area contributed by atoms with Gasteiger partial charge < -0.3 is 10.3 Å². The topological polar surface area (TPSA) is 75.6 Å². The number of aromatic amines is 1. The third-order valence-corrected chi connectivity index (χ3v) is 3.65. The maximum atomic E-state index is 11.7. The summed E-state index contributed by atoms with van der Waals surface area (Å²) in [6.07, 6.45) is 1.53. The number of hydrogen-bond acceptors (Lipinski definition) is 4. The quantitative estimate of drug-likeness (QED) is 0.778. The normalized spacial score (nSPS) is 11.0. The molecule has 0 aliphatic carbocycles. The first kappa shape index (κ1) is 13.6. The van der Waals surface area contributed by atoms with Gasteiger partial charge in [-0.15, -0.1) is 0 Å². The number of nitrogens with one attached hydrogen (secondary N) is 2. The third kappa shape index (κ3) is 2.50. The van der Waals surface area contributed by atoms with Crippen molar-refractivity contribution in [3.63, 3.8) is 0 Å². The van der Waals surface area contributed by atoms with Gasteiger partial charge in [-0.2, -0.15) is 5.10 Å². The molecule has 108 valence electrons. The fourth-order valence-electron chi connectivity index (χ4n) is 2.12. The average molecular weight is 304 g/mol. The van der Waals surface area contributed by atoms with E-state index in [0.29, 0.717) is 12.2 Å². The van der Waals surface area contributed by atoms with Gasteiger partial charge in [0.25, 0.3) is 5.56 Å². The first-order chi connectivity index (χ1) is 10.1. The number of H-pyrrole nitrogens is 1. The zero-order valence-corrected chi connectivity index (χ0v) is 12.4. The van der Waals surface area contributed by atoms with Crippen molar-refractivity contribution in [3.8, 4) is 0 Å². The molecular formula is C14H14ClN5O. The zero-order valence-electron chi connectivity index (χ0n) is 11.6. The number of aryl methyl sites for hydroxylation is 2. The molecule has 0 saturated heterocycles. The number of imidazole rings is 1.